The van der Waals surface area contributed by atoms with Gasteiger partial charge in [0.1, 0.15) is 5.78 Å². The molecule has 140 valence electrons. The van der Waals surface area contributed by atoms with E-state index in [1.165, 1.54) is 24.3 Å². The highest BCUT2D eigenvalue weighted by molar-refractivity contribution is 7.79. The average molecular weight is 445 g/mol. The standard InChI is InChI=1S/C16H12Cl3F3NO2P/c17-15(18,19)14(23-13(24)16(20,21)22)26(25,11-7-3-1-4-8-11)12-9-5-2-6-10-12/h1-10,14H,(H,23,24)/t14-/m0/s1. The van der Waals surface area contributed by atoms with Gasteiger partial charge in [0.15, 0.2) is 7.14 Å². The number of benzene rings is 2. The van der Waals surface area contributed by atoms with Gasteiger partial charge in [-0.15, -0.1) is 0 Å². The van der Waals surface area contributed by atoms with Crippen molar-refractivity contribution >= 4 is 58.5 Å². The van der Waals surface area contributed by atoms with Gasteiger partial charge in [-0.1, -0.05) is 95.5 Å². The smallest absolute Gasteiger partial charge is 0.334 e. The zero-order valence-electron chi connectivity index (χ0n) is 12.9. The Labute approximate surface area is 162 Å². The maximum atomic E-state index is 14.0. The van der Waals surface area contributed by atoms with E-state index in [2.05, 4.69) is 0 Å². The fraction of sp³-hybridized carbons (Fsp3) is 0.188. The minimum absolute atomic E-state index is 0.144. The summed E-state index contributed by atoms with van der Waals surface area (Å²) in [6, 6.07) is 15.2. The summed E-state index contributed by atoms with van der Waals surface area (Å²) in [6.45, 7) is 0. The molecule has 10 heteroatoms. The molecule has 0 fully saturated rings. The Kier molecular flexibility index (Phi) is 6.34. The van der Waals surface area contributed by atoms with Crippen LogP contribution in [0.3, 0.4) is 0 Å². The molecule has 3 nitrogen and oxygen atoms in total. The zero-order chi connectivity index (χ0) is 19.6. The third-order valence-electron chi connectivity index (χ3n) is 3.48. The van der Waals surface area contributed by atoms with Crippen LogP contribution in [0.5, 0.6) is 0 Å². The Morgan fingerprint density at radius 1 is 0.885 bits per heavy atom. The van der Waals surface area contributed by atoms with Crippen molar-refractivity contribution in [3.05, 3.63) is 60.7 Å². The Hall–Kier alpha value is -1.20. The number of halogens is 6. The monoisotopic (exact) mass is 443 g/mol. The number of nitrogens with one attached hydrogen (secondary N) is 1. The van der Waals surface area contributed by atoms with Crippen LogP contribution in [0.4, 0.5) is 13.2 Å². The predicted octanol–water partition coefficient (Wildman–Crippen LogP) is 4.38. The number of carbonyl (C=O) groups excluding carboxylic acids is 1. The van der Waals surface area contributed by atoms with Crippen molar-refractivity contribution in [1.29, 1.82) is 0 Å². The zero-order valence-corrected chi connectivity index (χ0v) is 16.0. The van der Waals surface area contributed by atoms with E-state index >= 15 is 0 Å². The third kappa shape index (κ3) is 4.55. The van der Waals surface area contributed by atoms with Gasteiger partial charge in [-0.3, -0.25) is 4.79 Å². The van der Waals surface area contributed by atoms with E-state index in [4.69, 9.17) is 34.8 Å². The second kappa shape index (κ2) is 7.81. The quantitative estimate of drug-likeness (QED) is 0.562. The van der Waals surface area contributed by atoms with Crippen LogP contribution in [0.15, 0.2) is 60.7 Å². The lowest BCUT2D eigenvalue weighted by atomic mass is 10.4. The molecule has 0 heterocycles. The van der Waals surface area contributed by atoms with Gasteiger partial charge in [0, 0.05) is 10.6 Å². The van der Waals surface area contributed by atoms with Crippen LogP contribution in [-0.4, -0.2) is 21.7 Å². The maximum absolute atomic E-state index is 14.0. The molecule has 2 aromatic carbocycles. The topological polar surface area (TPSA) is 46.2 Å². The normalized spacial score (nSPS) is 13.9. The molecule has 0 saturated carbocycles. The average Bonchev–Trinajstić information content (AvgIpc) is 2.58. The first-order valence-electron chi connectivity index (χ1n) is 7.12. The summed E-state index contributed by atoms with van der Waals surface area (Å²) in [5, 5.41) is 1.90. The van der Waals surface area contributed by atoms with Gasteiger partial charge in [-0.2, -0.15) is 13.2 Å². The fourth-order valence-corrected chi connectivity index (χ4v) is 6.57. The van der Waals surface area contributed by atoms with Crippen molar-refractivity contribution in [1.82, 2.24) is 5.32 Å². The first-order chi connectivity index (χ1) is 12.0. The van der Waals surface area contributed by atoms with Crippen LogP contribution >= 0.6 is 41.9 Å². The lowest BCUT2D eigenvalue weighted by Crippen LogP contribution is -2.51. The number of alkyl halides is 6. The summed E-state index contributed by atoms with van der Waals surface area (Å²) < 4.78 is 49.8. The highest BCUT2D eigenvalue weighted by Crippen LogP contribution is 2.55. The minimum atomic E-state index is -5.23. The van der Waals surface area contributed by atoms with E-state index in [1.54, 1.807) is 41.7 Å². The Bertz CT molecular complexity index is 767. The highest BCUT2D eigenvalue weighted by atomic mass is 35.6. The predicted molar refractivity (Wildman–Crippen MR) is 98.0 cm³/mol. The van der Waals surface area contributed by atoms with Gasteiger partial charge >= 0.3 is 12.1 Å². The summed E-state index contributed by atoms with van der Waals surface area (Å²) >= 11 is 17.6. The molecular formula is C16H12Cl3F3NO2P. The first-order valence-corrected chi connectivity index (χ1v) is 10.0. The van der Waals surface area contributed by atoms with E-state index in [1.807, 2.05) is 0 Å². The van der Waals surface area contributed by atoms with E-state index in [9.17, 15) is 22.5 Å². The van der Waals surface area contributed by atoms with E-state index in [0.717, 1.165) is 0 Å². The molecule has 0 spiro atoms. The van der Waals surface area contributed by atoms with E-state index in [0.29, 0.717) is 0 Å². The molecule has 0 aliphatic rings. The fourth-order valence-electron chi connectivity index (χ4n) is 2.33. The number of amides is 1. The van der Waals surface area contributed by atoms with Crippen LogP contribution in [0.2, 0.25) is 0 Å². The van der Waals surface area contributed by atoms with E-state index < -0.39 is 28.8 Å². The maximum Gasteiger partial charge on any atom is 0.471 e. The van der Waals surface area contributed by atoms with Crippen LogP contribution in [0, 0.1) is 0 Å². The third-order valence-corrected chi connectivity index (χ3v) is 7.96. The molecule has 0 radical (unpaired) electrons. The lowest BCUT2D eigenvalue weighted by Gasteiger charge is -2.34. The molecule has 0 aromatic heterocycles. The number of hydrogen-bond acceptors (Lipinski definition) is 2. The molecule has 1 N–H and O–H groups in total. The van der Waals surface area contributed by atoms with Gasteiger partial charge in [0.05, 0.1) is 0 Å². The van der Waals surface area contributed by atoms with Crippen LogP contribution in [0.25, 0.3) is 0 Å². The summed E-state index contributed by atoms with van der Waals surface area (Å²) in [5.41, 5.74) is 0. The van der Waals surface area contributed by atoms with Crippen LogP contribution in [0.1, 0.15) is 0 Å². The molecule has 2 aromatic rings. The Morgan fingerprint density at radius 3 is 1.58 bits per heavy atom. The summed E-state index contributed by atoms with van der Waals surface area (Å²) in [4.78, 5) is 11.5. The van der Waals surface area contributed by atoms with Crippen molar-refractivity contribution < 1.29 is 22.5 Å². The van der Waals surface area contributed by atoms with Crippen molar-refractivity contribution in [3.63, 3.8) is 0 Å². The molecule has 0 unspecified atom stereocenters. The SMILES string of the molecule is O=C(N[C@H](C(Cl)(Cl)Cl)P(=O)(c1ccccc1)c1ccccc1)C(F)(F)F. The second-order valence-electron chi connectivity index (χ2n) is 5.24. The molecular weight excluding hydrogens is 433 g/mol. The van der Waals surface area contributed by atoms with E-state index in [-0.39, 0.29) is 10.6 Å². The molecule has 0 bridgehead atoms. The van der Waals surface area contributed by atoms with Gasteiger partial charge in [-0.05, 0) is 0 Å². The van der Waals surface area contributed by atoms with Crippen molar-refractivity contribution in [2.45, 2.75) is 15.8 Å². The van der Waals surface area contributed by atoms with Gasteiger partial charge in [0.25, 0.3) is 0 Å². The molecule has 0 saturated heterocycles. The Morgan fingerprint density at radius 2 is 1.27 bits per heavy atom. The molecule has 1 amide bonds. The molecule has 26 heavy (non-hydrogen) atoms. The van der Waals surface area contributed by atoms with Crippen molar-refractivity contribution in [3.8, 4) is 0 Å². The van der Waals surface area contributed by atoms with Crippen molar-refractivity contribution in [2.24, 2.45) is 0 Å². The number of hydrogen-bond donors (Lipinski definition) is 1. The molecule has 0 aliphatic heterocycles. The minimum Gasteiger partial charge on any atom is -0.334 e. The summed E-state index contributed by atoms with van der Waals surface area (Å²) in [6.07, 6.45) is -5.23. The summed E-state index contributed by atoms with van der Waals surface area (Å²) in [5.74, 6) is -4.28. The first kappa shape index (κ1) is 21.1. The lowest BCUT2D eigenvalue weighted by molar-refractivity contribution is -0.173. The largest absolute Gasteiger partial charge is 0.471 e. The van der Waals surface area contributed by atoms with Gasteiger partial charge in [-0.25, -0.2) is 0 Å². The summed E-state index contributed by atoms with van der Waals surface area (Å²) in [7, 11) is -4.01. The van der Waals surface area contributed by atoms with Crippen LogP contribution in [-0.2, 0) is 9.36 Å². The molecule has 0 aliphatic carbocycles. The van der Waals surface area contributed by atoms with Gasteiger partial charge in [0.2, 0.25) is 3.79 Å². The molecule has 2 rings (SSSR count). The number of carbonyl (C=O) groups is 1. The number of rotatable bonds is 4. The van der Waals surface area contributed by atoms with Crippen molar-refractivity contribution in [2.75, 3.05) is 0 Å². The highest BCUT2D eigenvalue weighted by Gasteiger charge is 2.52. The Balaban J connectivity index is 2.68. The second-order valence-corrected chi connectivity index (χ2v) is 10.5. The van der Waals surface area contributed by atoms with Gasteiger partial charge < -0.3 is 9.88 Å². The van der Waals surface area contributed by atoms with Crippen LogP contribution < -0.4 is 15.9 Å². The molecule has 1 atom stereocenters.